The molecule has 0 bridgehead atoms. The molecule has 2 heteroatoms. The Morgan fingerprint density at radius 3 is 2.36 bits per heavy atom. The lowest BCUT2D eigenvalue weighted by Gasteiger charge is -2.07. The van der Waals surface area contributed by atoms with E-state index >= 15 is 0 Å². The molecule has 2 nitrogen and oxygen atoms in total. The summed E-state index contributed by atoms with van der Waals surface area (Å²) in [6.45, 7) is 5.26. The third-order valence-corrected chi connectivity index (χ3v) is 2.52. The van der Waals surface area contributed by atoms with Gasteiger partial charge >= 0.3 is 0 Å². The Hall–Kier alpha value is -1.44. The molecular formula is C12H16N2. The van der Waals surface area contributed by atoms with Crippen LogP contribution in [0, 0.1) is 0 Å². The van der Waals surface area contributed by atoms with Gasteiger partial charge in [0.1, 0.15) is 0 Å². The van der Waals surface area contributed by atoms with Crippen LogP contribution in [0.1, 0.15) is 30.9 Å². The average molecular weight is 188 g/mol. The lowest BCUT2D eigenvalue weighted by Crippen LogP contribution is -2.13. The Morgan fingerprint density at radius 1 is 1.14 bits per heavy atom. The van der Waals surface area contributed by atoms with Gasteiger partial charge in [0, 0.05) is 6.20 Å². The summed E-state index contributed by atoms with van der Waals surface area (Å²) in [7, 11) is 0. The summed E-state index contributed by atoms with van der Waals surface area (Å²) in [4.78, 5) is 0. The first-order chi connectivity index (χ1) is 6.77. The third-order valence-electron chi connectivity index (χ3n) is 2.52. The van der Waals surface area contributed by atoms with Crippen molar-refractivity contribution < 1.29 is 0 Å². The molecule has 0 saturated heterocycles. The molecule has 0 aliphatic carbocycles. The van der Waals surface area contributed by atoms with Gasteiger partial charge in [-0.25, -0.2) is 0 Å². The molecule has 2 N–H and O–H groups in total. The number of hydrogen-bond donors (Lipinski definition) is 2. The fraction of sp³-hybridized carbons (Fsp3) is 0.333. The summed E-state index contributed by atoms with van der Waals surface area (Å²) >= 11 is 0. The number of rotatable bonds is 2. The van der Waals surface area contributed by atoms with Gasteiger partial charge in [0.2, 0.25) is 0 Å². The second-order valence-corrected chi connectivity index (χ2v) is 3.89. The van der Waals surface area contributed by atoms with Gasteiger partial charge in [-0.3, -0.25) is 0 Å². The molecule has 1 aliphatic rings. The quantitative estimate of drug-likeness (QED) is 0.744. The van der Waals surface area contributed by atoms with Crippen LogP contribution < -0.4 is 10.6 Å². The fourth-order valence-electron chi connectivity index (χ4n) is 1.58. The molecule has 2 rings (SSSR count). The smallest absolute Gasteiger partial charge is 0.0846 e. The Kier molecular flexibility index (Phi) is 2.44. The second-order valence-electron chi connectivity index (χ2n) is 3.89. The first-order valence-electron chi connectivity index (χ1n) is 5.05. The highest BCUT2D eigenvalue weighted by molar-refractivity contribution is 5.65. The van der Waals surface area contributed by atoms with E-state index in [0.717, 1.165) is 6.67 Å². The monoisotopic (exact) mass is 188 g/mol. The minimum absolute atomic E-state index is 0.604. The Labute approximate surface area is 85.0 Å². The van der Waals surface area contributed by atoms with Crippen LogP contribution in [0.3, 0.4) is 0 Å². The van der Waals surface area contributed by atoms with Gasteiger partial charge in [-0.1, -0.05) is 38.1 Å². The second kappa shape index (κ2) is 3.74. The first-order valence-corrected chi connectivity index (χ1v) is 5.05. The molecule has 0 radical (unpaired) electrons. The summed E-state index contributed by atoms with van der Waals surface area (Å²) in [6.07, 6.45) is 2.02. The van der Waals surface area contributed by atoms with Gasteiger partial charge < -0.3 is 10.6 Å². The molecule has 0 amide bonds. The van der Waals surface area contributed by atoms with Crippen molar-refractivity contribution in [2.24, 2.45) is 0 Å². The van der Waals surface area contributed by atoms with E-state index in [1.165, 1.54) is 16.8 Å². The predicted molar refractivity (Wildman–Crippen MR) is 59.6 cm³/mol. The summed E-state index contributed by atoms with van der Waals surface area (Å²) < 4.78 is 0. The Balaban J connectivity index is 2.21. The topological polar surface area (TPSA) is 24.1 Å². The SMILES string of the molecule is CC(C)c1ccc(C2=CNCN2)cc1. The number of benzene rings is 1. The van der Waals surface area contributed by atoms with Crippen molar-refractivity contribution in [2.45, 2.75) is 19.8 Å². The van der Waals surface area contributed by atoms with Crippen molar-refractivity contribution in [3.05, 3.63) is 41.6 Å². The maximum atomic E-state index is 3.27. The van der Waals surface area contributed by atoms with Crippen molar-refractivity contribution in [3.63, 3.8) is 0 Å². The van der Waals surface area contributed by atoms with E-state index < -0.39 is 0 Å². The average Bonchev–Trinajstić information content (AvgIpc) is 2.71. The summed E-state index contributed by atoms with van der Waals surface area (Å²) in [6, 6.07) is 8.73. The zero-order valence-corrected chi connectivity index (χ0v) is 8.67. The minimum Gasteiger partial charge on any atom is -0.372 e. The van der Waals surface area contributed by atoms with Crippen LogP contribution >= 0.6 is 0 Å². The zero-order chi connectivity index (χ0) is 9.97. The molecule has 0 unspecified atom stereocenters. The van der Waals surface area contributed by atoms with Gasteiger partial charge in [-0.15, -0.1) is 0 Å². The van der Waals surface area contributed by atoms with E-state index in [4.69, 9.17) is 0 Å². The summed E-state index contributed by atoms with van der Waals surface area (Å²) in [5.74, 6) is 0.604. The van der Waals surface area contributed by atoms with Crippen LogP contribution in [-0.4, -0.2) is 6.67 Å². The van der Waals surface area contributed by atoms with E-state index in [1.807, 2.05) is 6.20 Å². The highest BCUT2D eigenvalue weighted by Gasteiger charge is 2.05. The molecule has 1 aliphatic heterocycles. The lowest BCUT2D eigenvalue weighted by atomic mass is 10.0. The molecule has 0 saturated carbocycles. The molecule has 1 aromatic carbocycles. The van der Waals surface area contributed by atoms with Gasteiger partial charge in [0.15, 0.2) is 0 Å². The maximum Gasteiger partial charge on any atom is 0.0846 e. The zero-order valence-electron chi connectivity index (χ0n) is 8.67. The predicted octanol–water partition coefficient (Wildman–Crippen LogP) is 2.26. The van der Waals surface area contributed by atoms with Crippen LogP contribution in [0.2, 0.25) is 0 Å². The number of hydrogen-bond acceptors (Lipinski definition) is 2. The molecular weight excluding hydrogens is 172 g/mol. The number of nitrogens with one attached hydrogen (secondary N) is 2. The summed E-state index contributed by atoms with van der Waals surface area (Å²) in [5.41, 5.74) is 3.82. The molecule has 0 aromatic heterocycles. The van der Waals surface area contributed by atoms with Crippen LogP contribution in [0.25, 0.3) is 5.70 Å². The third kappa shape index (κ3) is 1.74. The van der Waals surface area contributed by atoms with E-state index in [-0.39, 0.29) is 0 Å². The normalized spacial score (nSPS) is 14.9. The largest absolute Gasteiger partial charge is 0.372 e. The van der Waals surface area contributed by atoms with Crippen LogP contribution in [-0.2, 0) is 0 Å². The van der Waals surface area contributed by atoms with E-state index in [0.29, 0.717) is 5.92 Å². The van der Waals surface area contributed by atoms with E-state index in [2.05, 4.69) is 48.7 Å². The molecule has 1 heterocycles. The highest BCUT2D eigenvalue weighted by Crippen LogP contribution is 2.18. The summed E-state index contributed by atoms with van der Waals surface area (Å²) in [5, 5.41) is 6.41. The van der Waals surface area contributed by atoms with E-state index in [1.54, 1.807) is 0 Å². The Bertz CT molecular complexity index is 336. The van der Waals surface area contributed by atoms with Crippen LogP contribution in [0.15, 0.2) is 30.5 Å². The molecule has 14 heavy (non-hydrogen) atoms. The lowest BCUT2D eigenvalue weighted by molar-refractivity contribution is 0.842. The van der Waals surface area contributed by atoms with Gasteiger partial charge in [0.25, 0.3) is 0 Å². The highest BCUT2D eigenvalue weighted by atomic mass is 15.1. The van der Waals surface area contributed by atoms with Crippen molar-refractivity contribution in [1.82, 2.24) is 10.6 Å². The van der Waals surface area contributed by atoms with Gasteiger partial charge in [-0.2, -0.15) is 0 Å². The van der Waals surface area contributed by atoms with Crippen molar-refractivity contribution in [3.8, 4) is 0 Å². The van der Waals surface area contributed by atoms with E-state index in [9.17, 15) is 0 Å². The standard InChI is InChI=1S/C12H16N2/c1-9(2)10-3-5-11(6-4-10)12-7-13-8-14-12/h3-7,9,13-14H,8H2,1-2H3. The molecule has 1 aromatic rings. The van der Waals surface area contributed by atoms with Crippen LogP contribution in [0.4, 0.5) is 0 Å². The van der Waals surface area contributed by atoms with Crippen molar-refractivity contribution in [1.29, 1.82) is 0 Å². The minimum atomic E-state index is 0.604. The Morgan fingerprint density at radius 2 is 1.86 bits per heavy atom. The molecule has 0 atom stereocenters. The van der Waals surface area contributed by atoms with Crippen molar-refractivity contribution >= 4 is 5.70 Å². The fourth-order valence-corrected chi connectivity index (χ4v) is 1.58. The first kappa shape index (κ1) is 9.13. The van der Waals surface area contributed by atoms with Crippen molar-refractivity contribution in [2.75, 3.05) is 6.67 Å². The van der Waals surface area contributed by atoms with Gasteiger partial charge in [-0.05, 0) is 17.0 Å². The molecule has 0 fully saturated rings. The molecule has 74 valence electrons. The van der Waals surface area contributed by atoms with Gasteiger partial charge in [0.05, 0.1) is 12.4 Å². The van der Waals surface area contributed by atoms with Crippen LogP contribution in [0.5, 0.6) is 0 Å². The maximum absolute atomic E-state index is 3.27. The molecule has 0 spiro atoms.